The number of carbonyl (C=O) groups is 2. The highest BCUT2D eigenvalue weighted by Gasteiger charge is 2.20. The van der Waals surface area contributed by atoms with Crippen LogP contribution in [0, 0.1) is 17.0 Å². The van der Waals surface area contributed by atoms with E-state index in [0.717, 1.165) is 16.5 Å². The number of rotatable bonds is 9. The average molecular weight is 418 g/mol. The molecule has 1 N–H and O–H groups in total. The molecule has 1 atom stereocenters. The first-order chi connectivity index (χ1) is 13.8. The minimum atomic E-state index is -0.811. The summed E-state index contributed by atoms with van der Waals surface area (Å²) in [5.74, 6) is -1.29. The molecule has 154 valence electrons. The third kappa shape index (κ3) is 6.88. The topological polar surface area (TPSA) is 108 Å². The number of esters is 1. The Morgan fingerprint density at radius 1 is 1.21 bits per heavy atom. The van der Waals surface area contributed by atoms with Crippen LogP contribution in [0.15, 0.2) is 52.3 Å². The van der Waals surface area contributed by atoms with E-state index in [1.165, 1.54) is 31.0 Å². The molecule has 2 aromatic carbocycles. The van der Waals surface area contributed by atoms with E-state index < -0.39 is 23.4 Å². The Morgan fingerprint density at radius 3 is 2.52 bits per heavy atom. The molecular formula is C20H22N2O6S. The zero-order valence-corrected chi connectivity index (χ0v) is 17.2. The van der Waals surface area contributed by atoms with E-state index in [1.54, 1.807) is 6.92 Å². The van der Waals surface area contributed by atoms with E-state index >= 15 is 0 Å². The third-order valence-corrected chi connectivity index (χ3v) is 4.87. The third-order valence-electron chi connectivity index (χ3n) is 3.80. The van der Waals surface area contributed by atoms with Crippen molar-refractivity contribution in [3.05, 3.63) is 63.7 Å². The SMILES string of the molecule is COCC(C)NC(=O)COC(=O)c1ccc(Sc2ccc(C)cc2)c([N+](=O)[O-])c1. The zero-order chi connectivity index (χ0) is 21.4. The molecule has 0 fully saturated rings. The second-order valence-corrected chi connectivity index (χ2v) is 7.47. The molecular weight excluding hydrogens is 396 g/mol. The van der Waals surface area contributed by atoms with Gasteiger partial charge in [-0.05, 0) is 38.1 Å². The molecule has 2 rings (SSSR count). The average Bonchev–Trinajstić information content (AvgIpc) is 2.68. The highest BCUT2D eigenvalue weighted by Crippen LogP contribution is 2.35. The molecule has 0 saturated heterocycles. The maximum atomic E-state index is 12.2. The van der Waals surface area contributed by atoms with Crippen molar-refractivity contribution in [2.75, 3.05) is 20.3 Å². The highest BCUT2D eigenvalue weighted by molar-refractivity contribution is 7.99. The van der Waals surface area contributed by atoms with Gasteiger partial charge in [-0.2, -0.15) is 0 Å². The van der Waals surface area contributed by atoms with Crippen LogP contribution in [-0.2, 0) is 14.3 Å². The number of amides is 1. The normalized spacial score (nSPS) is 11.6. The van der Waals surface area contributed by atoms with E-state index in [2.05, 4.69) is 5.32 Å². The van der Waals surface area contributed by atoms with Gasteiger partial charge in [0.05, 0.1) is 22.0 Å². The van der Waals surface area contributed by atoms with Crippen molar-refractivity contribution < 1.29 is 24.0 Å². The monoisotopic (exact) mass is 418 g/mol. The maximum absolute atomic E-state index is 12.2. The van der Waals surface area contributed by atoms with Gasteiger partial charge in [0, 0.05) is 24.1 Å². The highest BCUT2D eigenvalue weighted by atomic mass is 32.2. The molecule has 2 aromatic rings. The lowest BCUT2D eigenvalue weighted by Gasteiger charge is -2.12. The molecule has 1 amide bonds. The summed E-state index contributed by atoms with van der Waals surface area (Å²) in [5, 5.41) is 14.1. The van der Waals surface area contributed by atoms with Gasteiger partial charge in [0.2, 0.25) is 0 Å². The van der Waals surface area contributed by atoms with Gasteiger partial charge in [-0.1, -0.05) is 29.5 Å². The van der Waals surface area contributed by atoms with Crippen molar-refractivity contribution in [2.24, 2.45) is 0 Å². The summed E-state index contributed by atoms with van der Waals surface area (Å²) in [6.07, 6.45) is 0. The summed E-state index contributed by atoms with van der Waals surface area (Å²) >= 11 is 1.23. The maximum Gasteiger partial charge on any atom is 0.338 e. The number of aryl methyl sites for hydroxylation is 1. The number of nitrogens with zero attached hydrogens (tertiary/aromatic N) is 1. The number of hydrogen-bond donors (Lipinski definition) is 1. The summed E-state index contributed by atoms with van der Waals surface area (Å²) in [4.78, 5) is 36.1. The lowest BCUT2D eigenvalue weighted by Crippen LogP contribution is -2.38. The van der Waals surface area contributed by atoms with Gasteiger partial charge in [0.25, 0.3) is 11.6 Å². The second kappa shape index (κ2) is 10.6. The predicted octanol–water partition coefficient (Wildman–Crippen LogP) is 3.36. The number of nitrogens with one attached hydrogen (secondary N) is 1. The molecule has 0 spiro atoms. The lowest BCUT2D eigenvalue weighted by atomic mass is 10.2. The molecule has 9 heteroatoms. The van der Waals surface area contributed by atoms with Crippen LogP contribution in [0.5, 0.6) is 0 Å². The van der Waals surface area contributed by atoms with Crippen molar-refractivity contribution in [3.63, 3.8) is 0 Å². The summed E-state index contributed by atoms with van der Waals surface area (Å²) in [7, 11) is 1.51. The first kappa shape index (κ1) is 22.4. The Labute approximate surface area is 172 Å². The first-order valence-electron chi connectivity index (χ1n) is 8.78. The van der Waals surface area contributed by atoms with Gasteiger partial charge in [-0.25, -0.2) is 4.79 Å². The standard InChI is InChI=1S/C20H22N2O6S/c1-13-4-7-16(8-5-13)29-18-9-6-15(10-17(18)22(25)26)20(24)28-12-19(23)21-14(2)11-27-3/h4-10,14H,11-12H2,1-3H3,(H,21,23). The van der Waals surface area contributed by atoms with E-state index in [0.29, 0.717) is 11.5 Å². The summed E-state index contributed by atoms with van der Waals surface area (Å²) in [5.41, 5.74) is 0.883. The van der Waals surface area contributed by atoms with E-state index in [1.807, 2.05) is 31.2 Å². The minimum absolute atomic E-state index is 0.00250. The van der Waals surface area contributed by atoms with Gasteiger partial charge in [0.1, 0.15) is 0 Å². The number of carbonyl (C=O) groups excluding carboxylic acids is 2. The first-order valence-corrected chi connectivity index (χ1v) is 9.60. The summed E-state index contributed by atoms with van der Waals surface area (Å²) < 4.78 is 9.86. The largest absolute Gasteiger partial charge is 0.452 e. The van der Waals surface area contributed by atoms with Gasteiger partial charge in [0.15, 0.2) is 6.61 Å². The van der Waals surface area contributed by atoms with Crippen molar-refractivity contribution in [3.8, 4) is 0 Å². The van der Waals surface area contributed by atoms with E-state index in [-0.39, 0.29) is 17.3 Å². The molecule has 0 saturated carbocycles. The lowest BCUT2D eigenvalue weighted by molar-refractivity contribution is -0.387. The fourth-order valence-electron chi connectivity index (χ4n) is 2.43. The number of benzene rings is 2. The Kier molecular flexibility index (Phi) is 8.17. The number of nitro groups is 1. The van der Waals surface area contributed by atoms with Crippen LogP contribution in [-0.4, -0.2) is 43.2 Å². The smallest absolute Gasteiger partial charge is 0.338 e. The predicted molar refractivity (Wildman–Crippen MR) is 108 cm³/mol. The molecule has 0 aliphatic carbocycles. The van der Waals surface area contributed by atoms with Crippen molar-refractivity contribution in [1.82, 2.24) is 5.32 Å². The fourth-order valence-corrected chi connectivity index (χ4v) is 3.33. The van der Waals surface area contributed by atoms with Crippen molar-refractivity contribution >= 4 is 29.3 Å². The van der Waals surface area contributed by atoms with Crippen LogP contribution < -0.4 is 5.32 Å². The molecule has 29 heavy (non-hydrogen) atoms. The molecule has 0 aliphatic rings. The Bertz CT molecular complexity index is 885. The Balaban J connectivity index is 2.06. The molecule has 0 aromatic heterocycles. The van der Waals surface area contributed by atoms with Crippen LogP contribution in [0.25, 0.3) is 0 Å². The molecule has 0 heterocycles. The van der Waals surface area contributed by atoms with Crippen LogP contribution in [0.1, 0.15) is 22.8 Å². The molecule has 0 bridgehead atoms. The second-order valence-electron chi connectivity index (χ2n) is 6.35. The number of methoxy groups -OCH3 is 1. The van der Waals surface area contributed by atoms with Gasteiger partial charge in [-0.15, -0.1) is 0 Å². The van der Waals surface area contributed by atoms with E-state index in [4.69, 9.17) is 9.47 Å². The molecule has 0 aliphatic heterocycles. The van der Waals surface area contributed by atoms with Crippen molar-refractivity contribution in [2.45, 2.75) is 29.7 Å². The molecule has 8 nitrogen and oxygen atoms in total. The number of hydrogen-bond acceptors (Lipinski definition) is 7. The van der Waals surface area contributed by atoms with Crippen LogP contribution >= 0.6 is 11.8 Å². The van der Waals surface area contributed by atoms with Crippen molar-refractivity contribution in [1.29, 1.82) is 0 Å². The summed E-state index contributed by atoms with van der Waals surface area (Å²) in [6, 6.07) is 11.4. The minimum Gasteiger partial charge on any atom is -0.452 e. The Morgan fingerprint density at radius 2 is 1.90 bits per heavy atom. The van der Waals surface area contributed by atoms with E-state index in [9.17, 15) is 19.7 Å². The van der Waals surface area contributed by atoms with Gasteiger partial charge in [-0.3, -0.25) is 14.9 Å². The van der Waals surface area contributed by atoms with Crippen LogP contribution in [0.2, 0.25) is 0 Å². The molecule has 1 unspecified atom stereocenters. The van der Waals surface area contributed by atoms with Gasteiger partial charge >= 0.3 is 5.97 Å². The fraction of sp³-hybridized carbons (Fsp3) is 0.300. The van der Waals surface area contributed by atoms with Crippen LogP contribution in [0.3, 0.4) is 0 Å². The zero-order valence-electron chi connectivity index (χ0n) is 16.3. The van der Waals surface area contributed by atoms with Gasteiger partial charge < -0.3 is 14.8 Å². The quantitative estimate of drug-likeness (QED) is 0.378. The Hall–Kier alpha value is -2.91. The summed E-state index contributed by atoms with van der Waals surface area (Å²) in [6.45, 7) is 3.54. The number of ether oxygens (including phenoxy) is 2. The number of nitro benzene ring substituents is 1. The van der Waals surface area contributed by atoms with Crippen LogP contribution in [0.4, 0.5) is 5.69 Å². The molecule has 0 radical (unpaired) electrons.